The van der Waals surface area contributed by atoms with Crippen molar-refractivity contribution in [2.75, 3.05) is 7.05 Å². The lowest BCUT2D eigenvalue weighted by atomic mass is 10.1. The molecule has 20 heavy (non-hydrogen) atoms. The highest BCUT2D eigenvalue weighted by Crippen LogP contribution is 2.20. The van der Waals surface area contributed by atoms with E-state index in [1.54, 1.807) is 11.2 Å². The number of carbonyl (C=O) groups is 1. The molecule has 1 heterocycles. The summed E-state index contributed by atoms with van der Waals surface area (Å²) < 4.78 is 5.25. The van der Waals surface area contributed by atoms with Crippen molar-refractivity contribution >= 4 is 5.91 Å². The van der Waals surface area contributed by atoms with E-state index >= 15 is 0 Å². The highest BCUT2D eigenvalue weighted by atomic mass is 16.3. The second kappa shape index (κ2) is 6.42. The standard InChI is InChI=1S/C17H21NO2/c1-13-6-8-15(9-7-13)14(2)18(3)17(19)11-10-16-5-4-12-20-16/h4-9,12,14H,10-11H2,1-3H3. The molecule has 0 N–H and O–H groups in total. The van der Waals surface area contributed by atoms with E-state index in [-0.39, 0.29) is 11.9 Å². The Labute approximate surface area is 120 Å². The first kappa shape index (κ1) is 14.4. The normalized spacial score (nSPS) is 12.2. The summed E-state index contributed by atoms with van der Waals surface area (Å²) in [5.41, 5.74) is 2.39. The molecule has 0 fully saturated rings. The van der Waals surface area contributed by atoms with Crippen molar-refractivity contribution in [2.24, 2.45) is 0 Å². The van der Waals surface area contributed by atoms with Gasteiger partial charge in [-0.05, 0) is 31.5 Å². The summed E-state index contributed by atoms with van der Waals surface area (Å²) >= 11 is 0. The van der Waals surface area contributed by atoms with Crippen LogP contribution in [-0.2, 0) is 11.2 Å². The van der Waals surface area contributed by atoms with Gasteiger partial charge in [0.05, 0.1) is 12.3 Å². The molecule has 0 saturated heterocycles. The van der Waals surface area contributed by atoms with E-state index in [1.807, 2.05) is 19.2 Å². The van der Waals surface area contributed by atoms with Crippen LogP contribution in [-0.4, -0.2) is 17.9 Å². The fourth-order valence-corrected chi connectivity index (χ4v) is 2.15. The molecule has 1 amide bonds. The molecular weight excluding hydrogens is 250 g/mol. The molecule has 1 atom stereocenters. The number of furan rings is 1. The molecule has 1 unspecified atom stereocenters. The van der Waals surface area contributed by atoms with E-state index in [1.165, 1.54) is 5.56 Å². The Hall–Kier alpha value is -2.03. The van der Waals surface area contributed by atoms with E-state index in [4.69, 9.17) is 4.42 Å². The van der Waals surface area contributed by atoms with Gasteiger partial charge in [-0.2, -0.15) is 0 Å². The highest BCUT2D eigenvalue weighted by molar-refractivity contribution is 5.76. The minimum absolute atomic E-state index is 0.0831. The third-order valence-electron chi connectivity index (χ3n) is 3.70. The second-order valence-corrected chi connectivity index (χ2v) is 5.17. The Morgan fingerprint density at radius 3 is 2.55 bits per heavy atom. The molecule has 2 aromatic rings. The van der Waals surface area contributed by atoms with Gasteiger partial charge in [-0.1, -0.05) is 29.8 Å². The monoisotopic (exact) mass is 271 g/mol. The molecule has 0 radical (unpaired) electrons. The Morgan fingerprint density at radius 2 is 1.95 bits per heavy atom. The van der Waals surface area contributed by atoms with Crippen molar-refractivity contribution in [2.45, 2.75) is 32.7 Å². The van der Waals surface area contributed by atoms with E-state index in [0.717, 1.165) is 11.3 Å². The molecule has 0 aliphatic carbocycles. The van der Waals surface area contributed by atoms with Gasteiger partial charge in [-0.15, -0.1) is 0 Å². The van der Waals surface area contributed by atoms with E-state index < -0.39 is 0 Å². The van der Waals surface area contributed by atoms with Crippen LogP contribution in [0, 0.1) is 6.92 Å². The molecule has 0 bridgehead atoms. The fraction of sp³-hybridized carbons (Fsp3) is 0.353. The lowest BCUT2D eigenvalue weighted by Crippen LogP contribution is -2.29. The summed E-state index contributed by atoms with van der Waals surface area (Å²) in [7, 11) is 1.86. The third-order valence-corrected chi connectivity index (χ3v) is 3.70. The van der Waals surface area contributed by atoms with Crippen molar-refractivity contribution < 1.29 is 9.21 Å². The van der Waals surface area contributed by atoms with Gasteiger partial charge in [0.2, 0.25) is 5.91 Å². The number of benzene rings is 1. The summed E-state index contributed by atoms with van der Waals surface area (Å²) in [5, 5.41) is 0. The minimum Gasteiger partial charge on any atom is -0.469 e. The molecule has 3 nitrogen and oxygen atoms in total. The number of rotatable bonds is 5. The molecule has 1 aromatic carbocycles. The predicted molar refractivity (Wildman–Crippen MR) is 79.4 cm³/mol. The van der Waals surface area contributed by atoms with E-state index in [2.05, 4.69) is 38.1 Å². The second-order valence-electron chi connectivity index (χ2n) is 5.17. The largest absolute Gasteiger partial charge is 0.469 e. The zero-order chi connectivity index (χ0) is 14.5. The Bertz CT molecular complexity index is 543. The molecule has 0 saturated carbocycles. The van der Waals surface area contributed by atoms with Crippen molar-refractivity contribution in [1.29, 1.82) is 0 Å². The average Bonchev–Trinajstić information content (AvgIpc) is 2.97. The van der Waals surface area contributed by atoms with Crippen LogP contribution in [0.2, 0.25) is 0 Å². The molecule has 3 heteroatoms. The number of amides is 1. The smallest absolute Gasteiger partial charge is 0.223 e. The van der Waals surface area contributed by atoms with Crippen LogP contribution in [0.3, 0.4) is 0 Å². The fourth-order valence-electron chi connectivity index (χ4n) is 2.15. The Morgan fingerprint density at radius 1 is 1.25 bits per heavy atom. The number of hydrogen-bond acceptors (Lipinski definition) is 2. The first-order chi connectivity index (χ1) is 9.58. The molecule has 0 aliphatic heterocycles. The van der Waals surface area contributed by atoms with Crippen molar-refractivity contribution in [3.8, 4) is 0 Å². The lowest BCUT2D eigenvalue weighted by molar-refractivity contribution is -0.131. The van der Waals surface area contributed by atoms with Gasteiger partial charge >= 0.3 is 0 Å². The number of carbonyl (C=O) groups excluding carboxylic acids is 1. The molecule has 106 valence electrons. The molecule has 2 rings (SSSR count). The van der Waals surface area contributed by atoms with Crippen LogP contribution in [0.15, 0.2) is 47.1 Å². The van der Waals surface area contributed by atoms with Crippen molar-refractivity contribution in [1.82, 2.24) is 4.90 Å². The van der Waals surface area contributed by atoms with Crippen LogP contribution in [0.1, 0.15) is 36.3 Å². The summed E-state index contributed by atoms with van der Waals surface area (Å²) in [6, 6.07) is 12.1. The topological polar surface area (TPSA) is 33.5 Å². The molecule has 0 aliphatic rings. The number of aryl methyl sites for hydroxylation is 2. The van der Waals surface area contributed by atoms with Gasteiger partial charge in [0.1, 0.15) is 5.76 Å². The summed E-state index contributed by atoms with van der Waals surface area (Å²) in [6.45, 7) is 4.11. The summed E-state index contributed by atoms with van der Waals surface area (Å²) in [4.78, 5) is 14.0. The number of nitrogens with zero attached hydrogens (tertiary/aromatic N) is 1. The minimum atomic E-state index is 0.0831. The quantitative estimate of drug-likeness (QED) is 0.830. The van der Waals surface area contributed by atoms with Crippen molar-refractivity contribution in [3.63, 3.8) is 0 Å². The molecular formula is C17H21NO2. The number of hydrogen-bond donors (Lipinski definition) is 0. The van der Waals surface area contributed by atoms with Crippen LogP contribution in [0.5, 0.6) is 0 Å². The van der Waals surface area contributed by atoms with Gasteiger partial charge in [0.15, 0.2) is 0 Å². The van der Waals surface area contributed by atoms with Gasteiger partial charge in [-0.25, -0.2) is 0 Å². The zero-order valence-corrected chi connectivity index (χ0v) is 12.3. The maximum Gasteiger partial charge on any atom is 0.223 e. The van der Waals surface area contributed by atoms with E-state index in [0.29, 0.717) is 12.8 Å². The Kier molecular flexibility index (Phi) is 4.61. The van der Waals surface area contributed by atoms with Crippen LogP contribution >= 0.6 is 0 Å². The summed E-state index contributed by atoms with van der Waals surface area (Å²) in [5.74, 6) is 0.990. The lowest BCUT2D eigenvalue weighted by Gasteiger charge is -2.25. The third kappa shape index (κ3) is 3.50. The van der Waals surface area contributed by atoms with Crippen LogP contribution < -0.4 is 0 Å². The van der Waals surface area contributed by atoms with E-state index in [9.17, 15) is 4.79 Å². The van der Waals surface area contributed by atoms with Gasteiger partial charge in [0.25, 0.3) is 0 Å². The van der Waals surface area contributed by atoms with Crippen LogP contribution in [0.4, 0.5) is 0 Å². The SMILES string of the molecule is Cc1ccc(C(C)N(C)C(=O)CCc2ccco2)cc1. The molecule has 1 aromatic heterocycles. The van der Waals surface area contributed by atoms with Gasteiger partial charge in [-0.3, -0.25) is 4.79 Å². The molecule has 0 spiro atoms. The maximum absolute atomic E-state index is 12.2. The van der Waals surface area contributed by atoms with Gasteiger partial charge < -0.3 is 9.32 Å². The average molecular weight is 271 g/mol. The first-order valence-corrected chi connectivity index (χ1v) is 6.92. The predicted octanol–water partition coefficient (Wildman–Crippen LogP) is 3.74. The highest BCUT2D eigenvalue weighted by Gasteiger charge is 2.17. The maximum atomic E-state index is 12.2. The summed E-state index contributed by atoms with van der Waals surface area (Å²) in [6.07, 6.45) is 2.76. The first-order valence-electron chi connectivity index (χ1n) is 6.92. The zero-order valence-electron chi connectivity index (χ0n) is 12.3. The van der Waals surface area contributed by atoms with Crippen molar-refractivity contribution in [3.05, 3.63) is 59.5 Å². The van der Waals surface area contributed by atoms with Gasteiger partial charge in [0, 0.05) is 19.9 Å². The Balaban J connectivity index is 1.93. The van der Waals surface area contributed by atoms with Crippen LogP contribution in [0.25, 0.3) is 0 Å².